The Morgan fingerprint density at radius 3 is 2.86 bits per heavy atom. The maximum atomic E-state index is 12.3. The van der Waals surface area contributed by atoms with Crippen LogP contribution in [0.4, 0.5) is 0 Å². The summed E-state index contributed by atoms with van der Waals surface area (Å²) in [5.74, 6) is 0.0778. The third-order valence-corrected chi connectivity index (χ3v) is 5.30. The number of morpholine rings is 1. The van der Waals surface area contributed by atoms with Gasteiger partial charge in [-0.15, -0.1) is 0 Å². The van der Waals surface area contributed by atoms with Gasteiger partial charge in [0.05, 0.1) is 12.7 Å². The van der Waals surface area contributed by atoms with Gasteiger partial charge in [-0.1, -0.05) is 48.5 Å². The quantitative estimate of drug-likeness (QED) is 0.665. The first-order valence-electron chi connectivity index (χ1n) is 9.97. The van der Waals surface area contributed by atoms with Crippen molar-refractivity contribution in [1.82, 2.24) is 15.2 Å². The predicted octanol–water partition coefficient (Wildman–Crippen LogP) is 3.12. The molecular formula is C23H27N3O2. The highest BCUT2D eigenvalue weighted by Crippen LogP contribution is 2.19. The van der Waals surface area contributed by atoms with Crippen molar-refractivity contribution in [3.63, 3.8) is 0 Å². The molecule has 1 aliphatic heterocycles. The molecule has 0 spiro atoms. The molecule has 0 radical (unpaired) electrons. The molecule has 3 aromatic rings. The molecule has 5 nitrogen and oxygen atoms in total. The van der Waals surface area contributed by atoms with Crippen LogP contribution in [-0.2, 0) is 22.5 Å². The number of nitrogens with zero attached hydrogens (tertiary/aromatic N) is 1. The topological polar surface area (TPSA) is 57.4 Å². The lowest BCUT2D eigenvalue weighted by atomic mass is 10.1. The van der Waals surface area contributed by atoms with Gasteiger partial charge in [0.1, 0.15) is 0 Å². The Bertz CT molecular complexity index is 906. The van der Waals surface area contributed by atoms with Crippen molar-refractivity contribution < 1.29 is 9.53 Å². The molecule has 146 valence electrons. The number of H-pyrrole nitrogens is 1. The van der Waals surface area contributed by atoms with E-state index < -0.39 is 0 Å². The molecule has 28 heavy (non-hydrogen) atoms. The maximum Gasteiger partial charge on any atom is 0.220 e. The van der Waals surface area contributed by atoms with Crippen molar-refractivity contribution in [3.05, 3.63) is 71.9 Å². The molecular weight excluding hydrogens is 350 g/mol. The Balaban J connectivity index is 1.22. The highest BCUT2D eigenvalue weighted by molar-refractivity contribution is 5.84. The summed E-state index contributed by atoms with van der Waals surface area (Å²) in [7, 11) is 0. The monoisotopic (exact) mass is 377 g/mol. The van der Waals surface area contributed by atoms with Crippen molar-refractivity contribution in [3.8, 4) is 0 Å². The van der Waals surface area contributed by atoms with Crippen molar-refractivity contribution >= 4 is 16.8 Å². The van der Waals surface area contributed by atoms with Gasteiger partial charge in [0.25, 0.3) is 0 Å². The van der Waals surface area contributed by atoms with Gasteiger partial charge in [0.2, 0.25) is 5.91 Å². The SMILES string of the molecule is O=C(CCc1c[nH]c2ccccc12)NC[C@H]1CN(Cc2ccccc2)CCO1. The lowest BCUT2D eigenvalue weighted by molar-refractivity contribution is -0.122. The Hall–Kier alpha value is -2.63. The molecule has 0 saturated carbocycles. The van der Waals surface area contributed by atoms with E-state index in [9.17, 15) is 4.79 Å². The van der Waals surface area contributed by atoms with Crippen LogP contribution in [-0.4, -0.2) is 48.1 Å². The minimum atomic E-state index is 0.0505. The second-order valence-electron chi connectivity index (χ2n) is 7.38. The molecule has 5 heteroatoms. The standard InChI is InChI=1S/C23H27N3O2/c27-23(11-10-19-14-24-22-9-5-4-8-21(19)22)25-15-20-17-26(12-13-28-20)16-18-6-2-1-3-7-18/h1-9,14,20,24H,10-13,15-17H2,(H,25,27)/t20-/m0/s1. The van der Waals surface area contributed by atoms with E-state index >= 15 is 0 Å². The zero-order valence-electron chi connectivity index (χ0n) is 16.1. The number of ether oxygens (including phenoxy) is 1. The number of amides is 1. The summed E-state index contributed by atoms with van der Waals surface area (Å²) in [5.41, 5.74) is 3.62. The van der Waals surface area contributed by atoms with Gasteiger partial charge >= 0.3 is 0 Å². The van der Waals surface area contributed by atoms with Gasteiger partial charge < -0.3 is 15.0 Å². The van der Waals surface area contributed by atoms with E-state index in [1.54, 1.807) is 0 Å². The minimum absolute atomic E-state index is 0.0505. The van der Waals surface area contributed by atoms with Crippen LogP contribution in [0.25, 0.3) is 10.9 Å². The van der Waals surface area contributed by atoms with E-state index in [4.69, 9.17) is 4.74 Å². The molecule has 2 aromatic carbocycles. The van der Waals surface area contributed by atoms with E-state index in [1.807, 2.05) is 24.4 Å². The first-order valence-corrected chi connectivity index (χ1v) is 9.97. The summed E-state index contributed by atoms with van der Waals surface area (Å²) in [6, 6.07) is 18.7. The number of aromatic nitrogens is 1. The highest BCUT2D eigenvalue weighted by atomic mass is 16.5. The molecule has 1 aliphatic rings. The molecule has 1 atom stereocenters. The van der Waals surface area contributed by atoms with Gasteiger partial charge in [0, 0.05) is 49.7 Å². The number of aryl methyl sites for hydroxylation is 1. The van der Waals surface area contributed by atoms with Gasteiger partial charge in [-0.05, 0) is 23.6 Å². The molecule has 1 aromatic heterocycles. The molecule has 0 bridgehead atoms. The molecule has 2 heterocycles. The van der Waals surface area contributed by atoms with Crippen LogP contribution in [0.3, 0.4) is 0 Å². The molecule has 1 amide bonds. The fraction of sp³-hybridized carbons (Fsp3) is 0.348. The van der Waals surface area contributed by atoms with Crippen LogP contribution in [0, 0.1) is 0 Å². The van der Waals surface area contributed by atoms with Gasteiger partial charge in [-0.3, -0.25) is 9.69 Å². The minimum Gasteiger partial charge on any atom is -0.374 e. The van der Waals surface area contributed by atoms with Crippen molar-refractivity contribution in [1.29, 1.82) is 0 Å². The summed E-state index contributed by atoms with van der Waals surface area (Å²) in [6.45, 7) is 3.98. The Kier molecular flexibility index (Phi) is 6.04. The van der Waals surface area contributed by atoms with Gasteiger partial charge in [-0.2, -0.15) is 0 Å². The van der Waals surface area contributed by atoms with Gasteiger partial charge in [0.15, 0.2) is 0 Å². The molecule has 1 saturated heterocycles. The number of rotatable bonds is 7. The van der Waals surface area contributed by atoms with Crippen LogP contribution in [0.5, 0.6) is 0 Å². The van der Waals surface area contributed by atoms with Gasteiger partial charge in [-0.25, -0.2) is 0 Å². The Labute approximate surface area is 165 Å². The number of benzene rings is 2. The third kappa shape index (κ3) is 4.80. The first-order chi connectivity index (χ1) is 13.8. The number of nitrogens with one attached hydrogen (secondary N) is 2. The molecule has 2 N–H and O–H groups in total. The number of fused-ring (bicyclic) bond motifs is 1. The first kappa shape index (κ1) is 18.7. The van der Waals surface area contributed by atoms with Crippen molar-refractivity contribution in [2.24, 2.45) is 0 Å². The zero-order chi connectivity index (χ0) is 19.2. The average Bonchev–Trinajstić information content (AvgIpc) is 3.15. The van der Waals surface area contributed by atoms with Crippen molar-refractivity contribution in [2.45, 2.75) is 25.5 Å². The lowest BCUT2D eigenvalue weighted by Crippen LogP contribution is -2.47. The van der Waals surface area contributed by atoms with Crippen LogP contribution in [0.15, 0.2) is 60.8 Å². The summed E-state index contributed by atoms with van der Waals surface area (Å²) >= 11 is 0. The number of hydrogen-bond acceptors (Lipinski definition) is 3. The smallest absolute Gasteiger partial charge is 0.220 e. The number of carbonyl (C=O) groups excluding carboxylic acids is 1. The Morgan fingerprint density at radius 2 is 1.96 bits per heavy atom. The van der Waals surface area contributed by atoms with E-state index in [0.29, 0.717) is 19.6 Å². The fourth-order valence-corrected chi connectivity index (χ4v) is 3.79. The maximum absolute atomic E-state index is 12.3. The summed E-state index contributed by atoms with van der Waals surface area (Å²) in [4.78, 5) is 18.0. The molecule has 0 aliphatic carbocycles. The van der Waals surface area contributed by atoms with Crippen LogP contribution in [0.1, 0.15) is 17.5 Å². The predicted molar refractivity (Wildman–Crippen MR) is 111 cm³/mol. The normalized spacial score (nSPS) is 17.6. The van der Waals surface area contributed by atoms with Crippen LogP contribution < -0.4 is 5.32 Å². The van der Waals surface area contributed by atoms with E-state index in [-0.39, 0.29) is 12.0 Å². The zero-order valence-corrected chi connectivity index (χ0v) is 16.1. The number of para-hydroxylation sites is 1. The Morgan fingerprint density at radius 1 is 1.14 bits per heavy atom. The van der Waals surface area contributed by atoms with E-state index in [1.165, 1.54) is 16.5 Å². The molecule has 4 rings (SSSR count). The molecule has 1 fully saturated rings. The lowest BCUT2D eigenvalue weighted by Gasteiger charge is -2.33. The average molecular weight is 377 g/mol. The van der Waals surface area contributed by atoms with Crippen molar-refractivity contribution in [2.75, 3.05) is 26.2 Å². The van der Waals surface area contributed by atoms with E-state index in [2.05, 4.69) is 51.6 Å². The number of aromatic amines is 1. The van der Waals surface area contributed by atoms with Crippen LogP contribution in [0.2, 0.25) is 0 Å². The summed E-state index contributed by atoms with van der Waals surface area (Å²) in [5, 5.41) is 4.24. The third-order valence-electron chi connectivity index (χ3n) is 5.30. The van der Waals surface area contributed by atoms with Crippen LogP contribution >= 0.6 is 0 Å². The number of hydrogen-bond donors (Lipinski definition) is 2. The fourth-order valence-electron chi connectivity index (χ4n) is 3.79. The summed E-state index contributed by atoms with van der Waals surface area (Å²) in [6.07, 6.45) is 3.28. The number of carbonyl (C=O) groups is 1. The van der Waals surface area contributed by atoms with E-state index in [0.717, 1.165) is 31.6 Å². The second-order valence-corrected chi connectivity index (χ2v) is 7.38. The second kappa shape index (κ2) is 9.04. The highest BCUT2D eigenvalue weighted by Gasteiger charge is 2.21. The largest absolute Gasteiger partial charge is 0.374 e. The molecule has 0 unspecified atom stereocenters. The summed E-state index contributed by atoms with van der Waals surface area (Å²) < 4.78 is 5.84.